The minimum atomic E-state index is -0.310. The number of hydrogen-bond donors (Lipinski definition) is 2. The summed E-state index contributed by atoms with van der Waals surface area (Å²) in [5.41, 5.74) is 3.88. The van der Waals surface area contributed by atoms with E-state index in [2.05, 4.69) is 22.8 Å². The van der Waals surface area contributed by atoms with Crippen molar-refractivity contribution in [3.63, 3.8) is 0 Å². The van der Waals surface area contributed by atoms with Gasteiger partial charge in [-0.05, 0) is 48.4 Å². The van der Waals surface area contributed by atoms with Gasteiger partial charge in [0.2, 0.25) is 11.8 Å². The van der Waals surface area contributed by atoms with Crippen LogP contribution in [0, 0.1) is 5.92 Å². The van der Waals surface area contributed by atoms with Gasteiger partial charge in [0, 0.05) is 36.6 Å². The Balaban J connectivity index is 1.29. The van der Waals surface area contributed by atoms with Crippen molar-refractivity contribution in [1.82, 2.24) is 4.90 Å². The average Bonchev–Trinajstić information content (AvgIpc) is 3.16. The van der Waals surface area contributed by atoms with E-state index >= 15 is 0 Å². The minimum absolute atomic E-state index is 0.0495. The Hall–Kier alpha value is -3.60. The maximum Gasteiger partial charge on any atom is 0.229 e. The Morgan fingerprint density at radius 3 is 2.13 bits per heavy atom. The van der Waals surface area contributed by atoms with Crippen molar-refractivity contribution < 1.29 is 9.59 Å². The summed E-state index contributed by atoms with van der Waals surface area (Å²) in [5, 5.41) is 6.26. The highest BCUT2D eigenvalue weighted by Crippen LogP contribution is 2.22. The lowest BCUT2D eigenvalue weighted by Crippen LogP contribution is -2.30. The van der Waals surface area contributed by atoms with Crippen molar-refractivity contribution in [2.75, 3.05) is 23.7 Å². The second-order valence-corrected chi connectivity index (χ2v) is 7.53. The highest BCUT2D eigenvalue weighted by Gasteiger charge is 2.33. The molecule has 1 atom stereocenters. The van der Waals surface area contributed by atoms with Gasteiger partial charge < -0.3 is 15.5 Å². The number of anilines is 3. The van der Waals surface area contributed by atoms with Gasteiger partial charge in [0.05, 0.1) is 5.92 Å². The first-order chi connectivity index (χ1) is 14.7. The first-order valence-electron chi connectivity index (χ1n) is 10.2. The van der Waals surface area contributed by atoms with Crippen molar-refractivity contribution in [2.24, 2.45) is 5.92 Å². The van der Waals surface area contributed by atoms with Crippen LogP contribution in [0.1, 0.15) is 12.0 Å². The van der Waals surface area contributed by atoms with E-state index in [1.54, 1.807) is 4.90 Å². The van der Waals surface area contributed by atoms with E-state index in [1.807, 2.05) is 72.8 Å². The average molecular weight is 399 g/mol. The van der Waals surface area contributed by atoms with Crippen LogP contribution in [0.2, 0.25) is 0 Å². The monoisotopic (exact) mass is 399 g/mol. The molecule has 2 N–H and O–H groups in total. The molecule has 5 nitrogen and oxygen atoms in total. The molecule has 1 fully saturated rings. The van der Waals surface area contributed by atoms with Crippen molar-refractivity contribution >= 4 is 28.9 Å². The van der Waals surface area contributed by atoms with Crippen LogP contribution in [0.15, 0.2) is 84.9 Å². The fourth-order valence-electron chi connectivity index (χ4n) is 3.64. The molecule has 0 saturated carbocycles. The Morgan fingerprint density at radius 1 is 0.833 bits per heavy atom. The lowest BCUT2D eigenvalue weighted by molar-refractivity contribution is -0.128. The molecule has 1 aliphatic rings. The fraction of sp³-hybridized carbons (Fsp3) is 0.200. The minimum Gasteiger partial charge on any atom is -0.356 e. The van der Waals surface area contributed by atoms with Crippen molar-refractivity contribution in [2.45, 2.75) is 12.8 Å². The lowest BCUT2D eigenvalue weighted by Gasteiger charge is -2.16. The topological polar surface area (TPSA) is 61.4 Å². The predicted molar refractivity (Wildman–Crippen MR) is 120 cm³/mol. The quantitative estimate of drug-likeness (QED) is 0.617. The normalized spacial score (nSPS) is 15.8. The van der Waals surface area contributed by atoms with Crippen LogP contribution in [0.5, 0.6) is 0 Å². The number of rotatable bonds is 7. The SMILES string of the molecule is O=C(Nc1ccc(Nc2ccccc2)cc1)C1CC(=O)N(CCc2ccccc2)C1. The third-order valence-corrected chi connectivity index (χ3v) is 5.31. The second-order valence-electron chi connectivity index (χ2n) is 7.53. The van der Waals surface area contributed by atoms with Gasteiger partial charge in [0.25, 0.3) is 0 Å². The fourth-order valence-corrected chi connectivity index (χ4v) is 3.64. The number of carbonyl (C=O) groups is 2. The molecule has 1 saturated heterocycles. The summed E-state index contributed by atoms with van der Waals surface area (Å²) in [6.07, 6.45) is 1.07. The number of benzene rings is 3. The third-order valence-electron chi connectivity index (χ3n) is 5.31. The van der Waals surface area contributed by atoms with Gasteiger partial charge in [-0.15, -0.1) is 0 Å². The maximum atomic E-state index is 12.7. The van der Waals surface area contributed by atoms with Crippen molar-refractivity contribution in [3.8, 4) is 0 Å². The van der Waals surface area contributed by atoms with Crippen LogP contribution >= 0.6 is 0 Å². The number of nitrogens with zero attached hydrogens (tertiary/aromatic N) is 1. The van der Waals surface area contributed by atoms with Gasteiger partial charge >= 0.3 is 0 Å². The molecule has 3 aromatic carbocycles. The van der Waals surface area contributed by atoms with Gasteiger partial charge in [0.1, 0.15) is 0 Å². The molecule has 4 rings (SSSR count). The smallest absolute Gasteiger partial charge is 0.229 e. The molecule has 0 spiro atoms. The van der Waals surface area contributed by atoms with Gasteiger partial charge in [-0.2, -0.15) is 0 Å². The van der Waals surface area contributed by atoms with Gasteiger partial charge in [-0.1, -0.05) is 48.5 Å². The molecule has 30 heavy (non-hydrogen) atoms. The Labute approximate surface area is 176 Å². The number of likely N-dealkylation sites (tertiary alicyclic amines) is 1. The molecule has 152 valence electrons. The summed E-state index contributed by atoms with van der Waals surface area (Å²) < 4.78 is 0. The Kier molecular flexibility index (Phi) is 6.09. The van der Waals surface area contributed by atoms with Gasteiger partial charge in [-0.3, -0.25) is 9.59 Å². The second kappa shape index (κ2) is 9.27. The van der Waals surface area contributed by atoms with E-state index < -0.39 is 0 Å². The van der Waals surface area contributed by atoms with Crippen LogP contribution in [0.4, 0.5) is 17.1 Å². The summed E-state index contributed by atoms with van der Waals surface area (Å²) >= 11 is 0. The van der Waals surface area contributed by atoms with Crippen molar-refractivity contribution in [1.29, 1.82) is 0 Å². The molecular formula is C25H25N3O2. The van der Waals surface area contributed by atoms with Crippen molar-refractivity contribution in [3.05, 3.63) is 90.5 Å². The highest BCUT2D eigenvalue weighted by molar-refractivity contribution is 5.97. The van der Waals surface area contributed by atoms with E-state index in [9.17, 15) is 9.59 Å². The number of hydrogen-bond acceptors (Lipinski definition) is 3. The molecule has 0 bridgehead atoms. The van der Waals surface area contributed by atoms with E-state index in [0.29, 0.717) is 13.1 Å². The van der Waals surface area contributed by atoms with E-state index in [1.165, 1.54) is 5.56 Å². The third kappa shape index (κ3) is 5.06. The number of carbonyl (C=O) groups excluding carboxylic acids is 2. The Bertz CT molecular complexity index is 988. The van der Waals surface area contributed by atoms with E-state index in [0.717, 1.165) is 23.5 Å². The first-order valence-corrected chi connectivity index (χ1v) is 10.2. The molecule has 2 amide bonds. The summed E-state index contributed by atoms with van der Waals surface area (Å²) in [7, 11) is 0. The van der Waals surface area contributed by atoms with Crippen LogP contribution in [-0.4, -0.2) is 29.8 Å². The van der Waals surface area contributed by atoms with Crippen LogP contribution < -0.4 is 10.6 Å². The summed E-state index contributed by atoms with van der Waals surface area (Å²) in [6, 6.07) is 27.6. The van der Waals surface area contributed by atoms with Gasteiger partial charge in [0.15, 0.2) is 0 Å². The number of amides is 2. The molecule has 1 heterocycles. The lowest BCUT2D eigenvalue weighted by atomic mass is 10.1. The zero-order valence-electron chi connectivity index (χ0n) is 16.8. The molecule has 0 aliphatic carbocycles. The summed E-state index contributed by atoms with van der Waals surface area (Å²) in [5.74, 6) is -0.363. The molecule has 1 aliphatic heterocycles. The first kappa shape index (κ1) is 19.7. The largest absolute Gasteiger partial charge is 0.356 e. The maximum absolute atomic E-state index is 12.7. The predicted octanol–water partition coefficient (Wildman–Crippen LogP) is 4.46. The number of nitrogens with one attached hydrogen (secondary N) is 2. The van der Waals surface area contributed by atoms with Gasteiger partial charge in [-0.25, -0.2) is 0 Å². The zero-order chi connectivity index (χ0) is 20.8. The molecular weight excluding hydrogens is 374 g/mol. The van der Waals surface area contributed by atoms with Crippen LogP contribution in [-0.2, 0) is 16.0 Å². The molecule has 0 aromatic heterocycles. The molecule has 3 aromatic rings. The van der Waals surface area contributed by atoms with E-state index in [-0.39, 0.29) is 24.2 Å². The molecule has 0 radical (unpaired) electrons. The highest BCUT2D eigenvalue weighted by atomic mass is 16.2. The zero-order valence-corrected chi connectivity index (χ0v) is 16.8. The molecule has 5 heteroatoms. The van der Waals surface area contributed by atoms with Crippen LogP contribution in [0.3, 0.4) is 0 Å². The molecule has 1 unspecified atom stereocenters. The summed E-state index contributed by atoms with van der Waals surface area (Å²) in [6.45, 7) is 1.12. The van der Waals surface area contributed by atoms with Crippen LogP contribution in [0.25, 0.3) is 0 Å². The Morgan fingerprint density at radius 2 is 1.43 bits per heavy atom. The van der Waals surface area contributed by atoms with E-state index in [4.69, 9.17) is 0 Å². The number of para-hydroxylation sites is 1. The summed E-state index contributed by atoms with van der Waals surface area (Å²) in [4.78, 5) is 26.8. The standard InChI is InChI=1S/C25H25N3O2/c29-24-17-20(18-28(24)16-15-19-7-3-1-4-8-19)25(30)27-23-13-11-22(12-14-23)26-21-9-5-2-6-10-21/h1-14,20,26H,15-18H2,(H,27,30).